The highest BCUT2D eigenvalue weighted by Gasteiger charge is 2.10. The van der Waals surface area contributed by atoms with E-state index in [1.165, 1.54) is 12.1 Å². The van der Waals surface area contributed by atoms with E-state index in [9.17, 15) is 12.3 Å². The lowest BCUT2D eigenvalue weighted by molar-refractivity contribution is 0.440. The average molecular weight is 352 g/mol. The van der Waals surface area contributed by atoms with Gasteiger partial charge in [-0.2, -0.15) is 8.42 Å². The van der Waals surface area contributed by atoms with E-state index in [-0.39, 0.29) is 22.7 Å². The SMILES string of the molecule is Br.CCn1cc(-c2ccc(OS(=O)(=O)F)cc2)nn1. The van der Waals surface area contributed by atoms with Crippen molar-refractivity contribution in [3.63, 3.8) is 0 Å². The number of aryl methyl sites for hydroxylation is 1. The zero-order chi connectivity index (χ0) is 13.2. The number of nitrogens with zero attached hydrogens (tertiary/aromatic N) is 3. The third kappa shape index (κ3) is 4.28. The monoisotopic (exact) mass is 351 g/mol. The molecule has 0 spiro atoms. The molecule has 0 aliphatic heterocycles. The zero-order valence-electron chi connectivity index (χ0n) is 9.85. The smallest absolute Gasteiger partial charge is 0.358 e. The zero-order valence-corrected chi connectivity index (χ0v) is 12.4. The molecule has 0 radical (unpaired) electrons. The molecule has 0 aliphatic carbocycles. The van der Waals surface area contributed by atoms with Crippen LogP contribution in [0.5, 0.6) is 5.75 Å². The molecular weight excluding hydrogens is 341 g/mol. The Labute approximate surface area is 120 Å². The van der Waals surface area contributed by atoms with Gasteiger partial charge in [0.05, 0.1) is 6.20 Å². The highest BCUT2D eigenvalue weighted by molar-refractivity contribution is 8.93. The quantitative estimate of drug-likeness (QED) is 0.789. The van der Waals surface area contributed by atoms with Crippen LogP contribution in [0.15, 0.2) is 30.5 Å². The first-order chi connectivity index (χ1) is 8.48. The molecule has 0 saturated heterocycles. The van der Waals surface area contributed by atoms with Crippen molar-refractivity contribution in [1.82, 2.24) is 15.0 Å². The molecule has 2 rings (SSSR count). The third-order valence-electron chi connectivity index (χ3n) is 2.21. The summed E-state index contributed by atoms with van der Waals surface area (Å²) in [6.45, 7) is 2.63. The molecule has 6 nitrogen and oxygen atoms in total. The van der Waals surface area contributed by atoms with Gasteiger partial charge in [-0.05, 0) is 31.2 Å². The van der Waals surface area contributed by atoms with Gasteiger partial charge in [-0.25, -0.2) is 0 Å². The molecule has 0 fully saturated rings. The molecule has 0 unspecified atom stereocenters. The summed E-state index contributed by atoms with van der Waals surface area (Å²) < 4.78 is 38.6. The largest absolute Gasteiger partial charge is 0.488 e. The van der Waals surface area contributed by atoms with Crippen LogP contribution in [-0.4, -0.2) is 23.4 Å². The van der Waals surface area contributed by atoms with Crippen LogP contribution in [0.4, 0.5) is 3.89 Å². The van der Waals surface area contributed by atoms with Crippen LogP contribution >= 0.6 is 17.0 Å². The standard InChI is InChI=1S/C10H10FN3O3S.BrH/c1-2-14-7-10(12-13-14)8-3-5-9(6-4-8)17-18(11,15)16;/h3-7H,2H2,1H3;1H. The van der Waals surface area contributed by atoms with Crippen molar-refractivity contribution >= 4 is 27.5 Å². The molecule has 19 heavy (non-hydrogen) atoms. The van der Waals surface area contributed by atoms with E-state index in [1.54, 1.807) is 23.0 Å². The van der Waals surface area contributed by atoms with E-state index in [2.05, 4.69) is 14.5 Å². The molecular formula is C10H11BrFN3O3S. The Morgan fingerprint density at radius 2 is 1.95 bits per heavy atom. The van der Waals surface area contributed by atoms with Crippen molar-refractivity contribution in [1.29, 1.82) is 0 Å². The Kier molecular flexibility index (Phi) is 5.01. The van der Waals surface area contributed by atoms with Gasteiger partial charge in [0, 0.05) is 12.1 Å². The molecule has 0 bridgehead atoms. The van der Waals surface area contributed by atoms with E-state index in [0.717, 1.165) is 5.56 Å². The average Bonchev–Trinajstić information content (AvgIpc) is 2.76. The second-order valence-electron chi connectivity index (χ2n) is 3.46. The van der Waals surface area contributed by atoms with Crippen LogP contribution in [0.3, 0.4) is 0 Å². The number of benzene rings is 1. The maximum atomic E-state index is 12.3. The second kappa shape index (κ2) is 6.11. The van der Waals surface area contributed by atoms with Crippen LogP contribution in [0.2, 0.25) is 0 Å². The van der Waals surface area contributed by atoms with E-state index < -0.39 is 10.5 Å². The first kappa shape index (κ1) is 15.6. The number of aromatic nitrogens is 3. The van der Waals surface area contributed by atoms with Gasteiger partial charge in [0.2, 0.25) is 0 Å². The predicted molar refractivity (Wildman–Crippen MR) is 72.1 cm³/mol. The van der Waals surface area contributed by atoms with Crippen LogP contribution in [0.1, 0.15) is 6.92 Å². The summed E-state index contributed by atoms with van der Waals surface area (Å²) in [5.74, 6) is -0.0934. The molecule has 1 aromatic carbocycles. The summed E-state index contributed by atoms with van der Waals surface area (Å²) in [6.07, 6.45) is 1.75. The minimum Gasteiger partial charge on any atom is -0.358 e. The molecule has 1 aromatic heterocycles. The Hall–Kier alpha value is -1.48. The maximum Gasteiger partial charge on any atom is 0.488 e. The lowest BCUT2D eigenvalue weighted by Gasteiger charge is -2.00. The fraction of sp³-hybridized carbons (Fsp3) is 0.200. The molecule has 0 aliphatic rings. The molecule has 104 valence electrons. The summed E-state index contributed by atoms with van der Waals surface area (Å²) in [7, 11) is -4.99. The van der Waals surface area contributed by atoms with E-state index in [1.807, 2.05) is 6.92 Å². The predicted octanol–water partition coefficient (Wildman–Crippen LogP) is 2.14. The highest BCUT2D eigenvalue weighted by atomic mass is 79.9. The molecule has 0 N–H and O–H groups in total. The van der Waals surface area contributed by atoms with Crippen molar-refractivity contribution < 1.29 is 16.5 Å². The van der Waals surface area contributed by atoms with E-state index in [4.69, 9.17) is 0 Å². The number of rotatable bonds is 4. The Bertz CT molecular complexity index is 642. The minimum atomic E-state index is -4.99. The van der Waals surface area contributed by atoms with Crippen LogP contribution in [-0.2, 0) is 17.0 Å². The van der Waals surface area contributed by atoms with Gasteiger partial charge in [0.15, 0.2) is 0 Å². The molecule has 9 heteroatoms. The number of hydrogen-bond acceptors (Lipinski definition) is 5. The van der Waals surface area contributed by atoms with E-state index >= 15 is 0 Å². The minimum absolute atomic E-state index is 0. The van der Waals surface area contributed by atoms with Crippen molar-refractivity contribution in [2.24, 2.45) is 0 Å². The Morgan fingerprint density at radius 3 is 2.42 bits per heavy atom. The van der Waals surface area contributed by atoms with Gasteiger partial charge in [0.25, 0.3) is 0 Å². The third-order valence-corrected chi connectivity index (χ3v) is 2.60. The second-order valence-corrected chi connectivity index (χ2v) is 4.41. The van der Waals surface area contributed by atoms with Crippen LogP contribution < -0.4 is 4.18 Å². The Morgan fingerprint density at radius 1 is 1.32 bits per heavy atom. The Balaban J connectivity index is 0.00000180. The topological polar surface area (TPSA) is 74.1 Å². The van der Waals surface area contributed by atoms with Gasteiger partial charge < -0.3 is 4.18 Å². The van der Waals surface area contributed by atoms with Gasteiger partial charge >= 0.3 is 10.5 Å². The van der Waals surface area contributed by atoms with Gasteiger partial charge in [-0.1, -0.05) is 9.10 Å². The van der Waals surface area contributed by atoms with Gasteiger partial charge in [-0.15, -0.1) is 22.1 Å². The number of hydrogen-bond donors (Lipinski definition) is 0. The summed E-state index contributed by atoms with van der Waals surface area (Å²) in [5, 5.41) is 7.81. The molecule has 0 atom stereocenters. The highest BCUT2D eigenvalue weighted by Crippen LogP contribution is 2.21. The van der Waals surface area contributed by atoms with Crippen molar-refractivity contribution in [2.75, 3.05) is 0 Å². The van der Waals surface area contributed by atoms with Gasteiger partial charge in [-0.3, -0.25) is 4.68 Å². The van der Waals surface area contributed by atoms with Crippen molar-refractivity contribution in [3.8, 4) is 17.0 Å². The van der Waals surface area contributed by atoms with Crippen molar-refractivity contribution in [3.05, 3.63) is 30.5 Å². The van der Waals surface area contributed by atoms with Crippen molar-refractivity contribution in [2.45, 2.75) is 13.5 Å². The normalized spacial score (nSPS) is 10.8. The lowest BCUT2D eigenvalue weighted by atomic mass is 10.2. The summed E-state index contributed by atoms with van der Waals surface area (Å²) in [4.78, 5) is 0. The molecule has 2 aromatic rings. The first-order valence-corrected chi connectivity index (χ1v) is 6.43. The maximum absolute atomic E-state index is 12.3. The van der Waals surface area contributed by atoms with E-state index in [0.29, 0.717) is 12.2 Å². The van der Waals surface area contributed by atoms with Crippen LogP contribution in [0.25, 0.3) is 11.3 Å². The van der Waals surface area contributed by atoms with Gasteiger partial charge in [0.1, 0.15) is 11.4 Å². The fourth-order valence-corrected chi connectivity index (χ4v) is 1.72. The summed E-state index contributed by atoms with van der Waals surface area (Å²) >= 11 is 0. The number of halogens is 2. The molecule has 1 heterocycles. The molecule has 0 amide bonds. The molecule has 0 saturated carbocycles. The lowest BCUT2D eigenvalue weighted by Crippen LogP contribution is -2.00. The first-order valence-electron chi connectivity index (χ1n) is 5.12. The fourth-order valence-electron chi connectivity index (χ4n) is 1.38. The summed E-state index contributed by atoms with van der Waals surface area (Å²) in [6, 6.07) is 5.84. The van der Waals surface area contributed by atoms with Crippen LogP contribution in [0, 0.1) is 0 Å². The summed E-state index contributed by atoms with van der Waals surface area (Å²) in [5.41, 5.74) is 1.38.